The number of fused-ring (bicyclic) bond motifs is 1. The van der Waals surface area contributed by atoms with Crippen molar-refractivity contribution in [3.63, 3.8) is 0 Å². The molecule has 0 radical (unpaired) electrons. The van der Waals surface area contributed by atoms with E-state index in [9.17, 15) is 9.18 Å². The number of halogens is 1. The lowest BCUT2D eigenvalue weighted by molar-refractivity contribution is 0.625. The van der Waals surface area contributed by atoms with E-state index in [0.717, 1.165) is 5.39 Å². The molecule has 0 saturated heterocycles. The fourth-order valence-electron chi connectivity index (χ4n) is 1.59. The Kier molecular flexibility index (Phi) is 2.81. The lowest BCUT2D eigenvalue weighted by Gasteiger charge is -2.07. The molecular weight excluding hydrogens is 207 g/mol. The second kappa shape index (κ2) is 4.26. The maximum absolute atomic E-state index is 13.1. The number of benzene rings is 1. The van der Waals surface area contributed by atoms with E-state index < -0.39 is 0 Å². The Bertz CT molecular complexity index is 589. The van der Waals surface area contributed by atoms with Gasteiger partial charge in [0, 0.05) is 18.1 Å². The summed E-state index contributed by atoms with van der Waals surface area (Å²) in [7, 11) is 0. The van der Waals surface area contributed by atoms with E-state index in [1.54, 1.807) is 12.1 Å². The van der Waals surface area contributed by atoms with Crippen molar-refractivity contribution in [2.24, 2.45) is 0 Å². The lowest BCUT2D eigenvalue weighted by atomic mass is 10.2. The molecule has 3 nitrogen and oxygen atoms in total. The van der Waals surface area contributed by atoms with Crippen molar-refractivity contribution in [2.45, 2.75) is 13.0 Å². The highest BCUT2D eigenvalue weighted by Crippen LogP contribution is 2.12. The highest BCUT2D eigenvalue weighted by atomic mass is 19.1. The zero-order chi connectivity index (χ0) is 11.5. The first kappa shape index (κ1) is 10.5. The number of hydrogen-bond acceptors (Lipinski definition) is 2. The molecule has 1 aromatic heterocycles. The van der Waals surface area contributed by atoms with Gasteiger partial charge in [-0.15, -0.1) is 6.58 Å². The predicted octanol–water partition coefficient (Wildman–Crippen LogP) is 2.11. The highest BCUT2D eigenvalue weighted by Gasteiger charge is 2.04. The maximum atomic E-state index is 13.1. The molecule has 0 atom stereocenters. The van der Waals surface area contributed by atoms with Crippen molar-refractivity contribution in [3.8, 4) is 0 Å². The fraction of sp³-hybridized carbons (Fsp3) is 0.167. The van der Waals surface area contributed by atoms with Gasteiger partial charge in [-0.3, -0.25) is 4.57 Å². The Morgan fingerprint density at radius 1 is 1.50 bits per heavy atom. The number of hydrogen-bond donors (Lipinski definition) is 0. The molecule has 0 N–H and O–H groups in total. The van der Waals surface area contributed by atoms with Crippen LogP contribution in [0.25, 0.3) is 10.9 Å². The van der Waals surface area contributed by atoms with Gasteiger partial charge >= 0.3 is 5.69 Å². The quantitative estimate of drug-likeness (QED) is 0.739. The molecule has 0 saturated carbocycles. The summed E-state index contributed by atoms with van der Waals surface area (Å²) in [6.07, 6.45) is 3.82. The van der Waals surface area contributed by atoms with Gasteiger partial charge in [-0.25, -0.2) is 14.2 Å². The van der Waals surface area contributed by atoms with Crippen molar-refractivity contribution >= 4 is 10.9 Å². The minimum Gasteiger partial charge on any atom is -0.292 e. The van der Waals surface area contributed by atoms with E-state index >= 15 is 0 Å². The minimum absolute atomic E-state index is 0.356. The minimum atomic E-state index is -0.361. The maximum Gasteiger partial charge on any atom is 0.348 e. The molecule has 0 bridgehead atoms. The van der Waals surface area contributed by atoms with Crippen LogP contribution in [0.15, 0.2) is 41.8 Å². The second-order valence-corrected chi connectivity index (χ2v) is 3.47. The first-order valence-electron chi connectivity index (χ1n) is 4.98. The van der Waals surface area contributed by atoms with Gasteiger partial charge in [-0.05, 0) is 24.6 Å². The molecule has 4 heteroatoms. The number of rotatable bonds is 3. The summed E-state index contributed by atoms with van der Waals surface area (Å²) in [5.41, 5.74) is 0.210. The van der Waals surface area contributed by atoms with Crippen LogP contribution in [0, 0.1) is 5.82 Å². The molecule has 0 aliphatic rings. The zero-order valence-electron chi connectivity index (χ0n) is 8.69. The smallest absolute Gasteiger partial charge is 0.292 e. The standard InChI is InChI=1S/C12H11FN2O/c1-2-3-6-15-11-7-10(13)5-4-9(11)8-14-12(15)16/h2,4-5,7-8H,1,3,6H2. The van der Waals surface area contributed by atoms with Crippen LogP contribution in [0.3, 0.4) is 0 Å². The van der Waals surface area contributed by atoms with E-state index in [0.29, 0.717) is 18.5 Å². The van der Waals surface area contributed by atoms with Crippen molar-refractivity contribution < 1.29 is 4.39 Å². The summed E-state index contributed by atoms with van der Waals surface area (Å²) >= 11 is 0. The van der Waals surface area contributed by atoms with E-state index in [-0.39, 0.29) is 11.5 Å². The Morgan fingerprint density at radius 3 is 3.06 bits per heavy atom. The molecule has 0 unspecified atom stereocenters. The van der Waals surface area contributed by atoms with Gasteiger partial charge in [-0.1, -0.05) is 6.08 Å². The zero-order valence-corrected chi connectivity index (χ0v) is 8.69. The van der Waals surface area contributed by atoms with Gasteiger partial charge in [0.1, 0.15) is 5.82 Å². The van der Waals surface area contributed by atoms with Crippen LogP contribution in [-0.2, 0) is 6.54 Å². The summed E-state index contributed by atoms with van der Waals surface area (Å²) in [6.45, 7) is 4.06. The third-order valence-corrected chi connectivity index (χ3v) is 2.39. The SMILES string of the molecule is C=CCCn1c(=O)ncc2ccc(F)cc21. The Morgan fingerprint density at radius 2 is 2.31 bits per heavy atom. The number of aryl methyl sites for hydroxylation is 1. The van der Waals surface area contributed by atoms with Crippen LogP contribution in [0.4, 0.5) is 4.39 Å². The molecule has 1 aromatic carbocycles. The van der Waals surface area contributed by atoms with Crippen LogP contribution in [0.5, 0.6) is 0 Å². The van der Waals surface area contributed by atoms with E-state index in [4.69, 9.17) is 0 Å². The topological polar surface area (TPSA) is 34.9 Å². The predicted molar refractivity (Wildman–Crippen MR) is 60.8 cm³/mol. The van der Waals surface area contributed by atoms with Gasteiger partial charge in [0.05, 0.1) is 5.52 Å². The molecule has 0 aliphatic carbocycles. The third kappa shape index (κ3) is 1.86. The summed E-state index contributed by atoms with van der Waals surface area (Å²) in [4.78, 5) is 15.3. The first-order chi connectivity index (χ1) is 7.72. The van der Waals surface area contributed by atoms with Crippen molar-refractivity contribution in [1.82, 2.24) is 9.55 Å². The van der Waals surface area contributed by atoms with Gasteiger partial charge < -0.3 is 0 Å². The summed E-state index contributed by atoms with van der Waals surface area (Å²) < 4.78 is 14.6. The summed E-state index contributed by atoms with van der Waals surface area (Å²) in [5, 5.41) is 0.755. The van der Waals surface area contributed by atoms with Gasteiger partial charge in [0.25, 0.3) is 0 Å². The van der Waals surface area contributed by atoms with Crippen LogP contribution in [-0.4, -0.2) is 9.55 Å². The number of aromatic nitrogens is 2. The second-order valence-electron chi connectivity index (χ2n) is 3.47. The largest absolute Gasteiger partial charge is 0.348 e. The molecule has 0 aliphatic heterocycles. The fourth-order valence-corrected chi connectivity index (χ4v) is 1.59. The van der Waals surface area contributed by atoms with Crippen LogP contribution in [0.2, 0.25) is 0 Å². The van der Waals surface area contributed by atoms with Crippen LogP contribution in [0.1, 0.15) is 6.42 Å². The Balaban J connectivity index is 2.67. The normalized spacial score (nSPS) is 10.6. The average molecular weight is 218 g/mol. The molecule has 16 heavy (non-hydrogen) atoms. The van der Waals surface area contributed by atoms with Crippen molar-refractivity contribution in [3.05, 3.63) is 53.4 Å². The van der Waals surface area contributed by atoms with Crippen LogP contribution >= 0.6 is 0 Å². The van der Waals surface area contributed by atoms with E-state index in [2.05, 4.69) is 11.6 Å². The first-order valence-corrected chi connectivity index (χ1v) is 4.98. The molecule has 0 fully saturated rings. The molecular formula is C12H11FN2O. The van der Waals surface area contributed by atoms with Gasteiger partial charge in [0.2, 0.25) is 0 Å². The van der Waals surface area contributed by atoms with E-state index in [1.807, 2.05) is 0 Å². The number of nitrogens with zero attached hydrogens (tertiary/aromatic N) is 2. The van der Waals surface area contributed by atoms with Crippen LogP contribution < -0.4 is 5.69 Å². The molecule has 0 amide bonds. The monoisotopic (exact) mass is 218 g/mol. The Hall–Kier alpha value is -1.97. The molecule has 2 rings (SSSR count). The third-order valence-electron chi connectivity index (χ3n) is 2.39. The Labute approximate surface area is 91.9 Å². The highest BCUT2D eigenvalue weighted by molar-refractivity contribution is 5.77. The van der Waals surface area contributed by atoms with Gasteiger partial charge in [0.15, 0.2) is 0 Å². The van der Waals surface area contributed by atoms with Gasteiger partial charge in [-0.2, -0.15) is 0 Å². The number of allylic oxidation sites excluding steroid dienone is 1. The lowest BCUT2D eigenvalue weighted by Crippen LogP contribution is -2.22. The van der Waals surface area contributed by atoms with Crippen molar-refractivity contribution in [1.29, 1.82) is 0 Å². The summed E-state index contributed by atoms with van der Waals surface area (Å²) in [5.74, 6) is -0.356. The molecule has 0 spiro atoms. The molecule has 1 heterocycles. The molecule has 82 valence electrons. The van der Waals surface area contributed by atoms with Crippen molar-refractivity contribution in [2.75, 3.05) is 0 Å². The van der Waals surface area contributed by atoms with E-state index in [1.165, 1.54) is 22.9 Å². The average Bonchev–Trinajstić information content (AvgIpc) is 2.28. The summed E-state index contributed by atoms with van der Waals surface area (Å²) in [6, 6.07) is 4.31. The molecule has 2 aromatic rings.